The SMILES string of the molecule is CC=C(C)C(=O)OC1C(OC(=O)C(C)CC)C2(CO)C(CC1(C)C)C1=CCC3C4(C)CCC(O)C(C)(C=O)C4CCC3(C)C1(C)C(O)C2O. The van der Waals surface area contributed by atoms with Crippen LogP contribution >= 0.6 is 0 Å². The van der Waals surface area contributed by atoms with E-state index in [0.29, 0.717) is 44.1 Å². The van der Waals surface area contributed by atoms with Crippen LogP contribution in [0.25, 0.3) is 0 Å². The van der Waals surface area contributed by atoms with Crippen LogP contribution in [0.2, 0.25) is 0 Å². The minimum absolute atomic E-state index is 0.0332. The predicted octanol–water partition coefficient (Wildman–Crippen LogP) is 5.32. The third kappa shape index (κ3) is 5.02. The molecule has 4 N–H and O–H groups in total. The molecule has 0 bridgehead atoms. The number of carbonyl (C=O) groups excluding carboxylic acids is 3. The molecule has 276 valence electrons. The van der Waals surface area contributed by atoms with Gasteiger partial charge >= 0.3 is 11.9 Å². The van der Waals surface area contributed by atoms with Crippen molar-refractivity contribution in [3.63, 3.8) is 0 Å². The Morgan fingerprint density at radius 2 is 1.63 bits per heavy atom. The van der Waals surface area contributed by atoms with E-state index in [1.807, 2.05) is 27.7 Å². The lowest BCUT2D eigenvalue weighted by molar-refractivity contribution is -0.292. The smallest absolute Gasteiger partial charge is 0.333 e. The molecule has 0 aliphatic heterocycles. The first-order valence-electron chi connectivity index (χ1n) is 18.6. The quantitative estimate of drug-likeness (QED) is 0.121. The number of allylic oxidation sites excluding steroid dienone is 2. The number of aliphatic hydroxyl groups excluding tert-OH is 4. The maximum absolute atomic E-state index is 13.6. The van der Waals surface area contributed by atoms with Gasteiger partial charge in [-0.2, -0.15) is 0 Å². The third-order valence-electron chi connectivity index (χ3n) is 15.6. The van der Waals surface area contributed by atoms with E-state index in [-0.39, 0.29) is 17.3 Å². The Kier molecular flexibility index (Phi) is 9.78. The van der Waals surface area contributed by atoms with E-state index in [1.54, 1.807) is 26.8 Å². The summed E-state index contributed by atoms with van der Waals surface area (Å²) in [6.07, 6.45) is 3.26. The van der Waals surface area contributed by atoms with Crippen LogP contribution in [0.1, 0.15) is 114 Å². The zero-order chi connectivity index (χ0) is 36.7. The molecule has 0 saturated heterocycles. The molecule has 9 nitrogen and oxygen atoms in total. The van der Waals surface area contributed by atoms with Crippen LogP contribution in [0.3, 0.4) is 0 Å². The van der Waals surface area contributed by atoms with Crippen LogP contribution in [0.4, 0.5) is 0 Å². The van der Waals surface area contributed by atoms with Gasteiger partial charge in [0.1, 0.15) is 12.4 Å². The van der Waals surface area contributed by atoms with E-state index >= 15 is 0 Å². The lowest BCUT2D eigenvalue weighted by Crippen LogP contribution is -2.76. The van der Waals surface area contributed by atoms with E-state index in [0.717, 1.165) is 18.3 Å². The molecule has 0 radical (unpaired) electrons. The van der Waals surface area contributed by atoms with Crippen molar-refractivity contribution < 1.29 is 44.3 Å². The number of fused-ring (bicyclic) bond motifs is 7. The van der Waals surface area contributed by atoms with Gasteiger partial charge in [0, 0.05) is 16.4 Å². The number of esters is 2. The molecular weight excluding hydrogens is 624 g/mol. The van der Waals surface area contributed by atoms with E-state index in [4.69, 9.17) is 9.47 Å². The Morgan fingerprint density at radius 1 is 0.980 bits per heavy atom. The van der Waals surface area contributed by atoms with Crippen molar-refractivity contribution in [1.29, 1.82) is 0 Å². The number of carbonyl (C=O) groups is 3. The van der Waals surface area contributed by atoms with Gasteiger partial charge < -0.3 is 34.7 Å². The van der Waals surface area contributed by atoms with Crippen LogP contribution in [0.5, 0.6) is 0 Å². The molecular formula is C40H62O9. The highest BCUT2D eigenvalue weighted by molar-refractivity contribution is 5.87. The van der Waals surface area contributed by atoms with Crippen molar-refractivity contribution in [2.45, 2.75) is 145 Å². The van der Waals surface area contributed by atoms with E-state index in [1.165, 1.54) is 0 Å². The summed E-state index contributed by atoms with van der Waals surface area (Å²) >= 11 is 0. The fourth-order valence-corrected chi connectivity index (χ4v) is 11.9. The van der Waals surface area contributed by atoms with Gasteiger partial charge in [0.05, 0.1) is 41.7 Å². The van der Waals surface area contributed by atoms with Crippen molar-refractivity contribution >= 4 is 18.2 Å². The van der Waals surface area contributed by atoms with Gasteiger partial charge in [0.2, 0.25) is 0 Å². The van der Waals surface area contributed by atoms with Gasteiger partial charge in [-0.1, -0.05) is 73.1 Å². The molecule has 0 amide bonds. The Hall–Kier alpha value is -2.07. The highest BCUT2D eigenvalue weighted by atomic mass is 16.6. The second-order valence-electron chi connectivity index (χ2n) is 18.1. The van der Waals surface area contributed by atoms with Crippen LogP contribution in [-0.2, 0) is 23.9 Å². The molecule has 0 aromatic heterocycles. The summed E-state index contributed by atoms with van der Waals surface area (Å²) in [6.45, 7) is 18.8. The van der Waals surface area contributed by atoms with Gasteiger partial charge in [-0.15, -0.1) is 0 Å². The minimum Gasteiger partial charge on any atom is -0.457 e. The summed E-state index contributed by atoms with van der Waals surface area (Å²) in [4.78, 5) is 39.5. The molecule has 14 unspecified atom stereocenters. The van der Waals surface area contributed by atoms with Gasteiger partial charge in [0.15, 0.2) is 6.10 Å². The Balaban J connectivity index is 1.68. The summed E-state index contributed by atoms with van der Waals surface area (Å²) < 4.78 is 12.5. The number of rotatable bonds is 7. The van der Waals surface area contributed by atoms with E-state index < -0.39 is 88.0 Å². The second-order valence-corrected chi connectivity index (χ2v) is 18.1. The average Bonchev–Trinajstić information content (AvgIpc) is 3.06. The average molecular weight is 687 g/mol. The summed E-state index contributed by atoms with van der Waals surface area (Å²) in [7, 11) is 0. The molecule has 4 fully saturated rings. The van der Waals surface area contributed by atoms with Gasteiger partial charge in [-0.25, -0.2) is 4.79 Å². The Morgan fingerprint density at radius 3 is 2.20 bits per heavy atom. The molecule has 9 heteroatoms. The Labute approximate surface area is 292 Å². The van der Waals surface area contributed by atoms with Crippen LogP contribution in [-0.4, -0.2) is 75.8 Å². The number of aldehydes is 1. The topological polar surface area (TPSA) is 151 Å². The lowest BCUT2D eigenvalue weighted by atomic mass is 9.32. The molecule has 0 heterocycles. The fourth-order valence-electron chi connectivity index (χ4n) is 11.9. The molecule has 0 aromatic rings. The van der Waals surface area contributed by atoms with Crippen LogP contribution in [0, 0.1) is 56.2 Å². The number of hydrogen-bond donors (Lipinski definition) is 4. The maximum atomic E-state index is 13.6. The zero-order valence-corrected chi connectivity index (χ0v) is 31.4. The van der Waals surface area contributed by atoms with Crippen molar-refractivity contribution in [1.82, 2.24) is 0 Å². The van der Waals surface area contributed by atoms with E-state index in [2.05, 4.69) is 26.8 Å². The highest BCUT2D eigenvalue weighted by Gasteiger charge is 2.76. The van der Waals surface area contributed by atoms with Crippen molar-refractivity contribution in [2.24, 2.45) is 56.2 Å². The second kappa shape index (κ2) is 12.6. The molecule has 5 aliphatic carbocycles. The monoisotopic (exact) mass is 686 g/mol. The maximum Gasteiger partial charge on any atom is 0.333 e. The predicted molar refractivity (Wildman–Crippen MR) is 185 cm³/mol. The number of aliphatic hydroxyl groups is 4. The normalized spacial score (nSPS) is 48.0. The highest BCUT2D eigenvalue weighted by Crippen LogP contribution is 2.75. The van der Waals surface area contributed by atoms with Gasteiger partial charge in [0.25, 0.3) is 0 Å². The summed E-state index contributed by atoms with van der Waals surface area (Å²) in [6, 6.07) is 0. The third-order valence-corrected chi connectivity index (χ3v) is 15.6. The van der Waals surface area contributed by atoms with Crippen molar-refractivity contribution in [3.8, 4) is 0 Å². The first-order chi connectivity index (χ1) is 22.7. The minimum atomic E-state index is -1.55. The van der Waals surface area contributed by atoms with Crippen LogP contribution in [0.15, 0.2) is 23.3 Å². The standard InChI is InChI=1S/C40H62O9/c1-11-22(3)33(46)48-31-32(49-34(47)23(4)12-2)40(21-42)25(19-35(31,5)6)24-13-14-27-36(7)17-16-28(43)37(8,20-41)26(36)15-18-38(27,9)39(24,10)29(44)30(40)45/h11,13,20,23,25-32,42-45H,12,14-19,21H2,1-10H3. The molecule has 5 aliphatic rings. The molecule has 14 atom stereocenters. The molecule has 0 spiro atoms. The molecule has 0 aromatic carbocycles. The molecule has 4 saturated carbocycles. The summed E-state index contributed by atoms with van der Waals surface area (Å²) in [5.74, 6) is -2.03. The van der Waals surface area contributed by atoms with E-state index in [9.17, 15) is 34.8 Å². The first-order valence-corrected chi connectivity index (χ1v) is 18.6. The van der Waals surface area contributed by atoms with Crippen molar-refractivity contribution in [3.05, 3.63) is 23.3 Å². The first kappa shape index (κ1) is 38.2. The van der Waals surface area contributed by atoms with Crippen molar-refractivity contribution in [2.75, 3.05) is 6.61 Å². The largest absolute Gasteiger partial charge is 0.457 e. The number of ether oxygens (including phenoxy) is 2. The van der Waals surface area contributed by atoms with Crippen LogP contribution < -0.4 is 0 Å². The Bertz CT molecular complexity index is 1400. The summed E-state index contributed by atoms with van der Waals surface area (Å²) in [5, 5.41) is 47.7. The summed E-state index contributed by atoms with van der Waals surface area (Å²) in [5.41, 5.74) is -3.55. The number of hydrogen-bond acceptors (Lipinski definition) is 9. The molecule has 5 rings (SSSR count). The van der Waals surface area contributed by atoms with Gasteiger partial charge in [-0.3, -0.25) is 4.79 Å². The zero-order valence-electron chi connectivity index (χ0n) is 31.4. The lowest BCUT2D eigenvalue weighted by Gasteiger charge is -2.73. The fraction of sp³-hybridized carbons (Fsp3) is 0.825. The molecule has 49 heavy (non-hydrogen) atoms. The van der Waals surface area contributed by atoms with Gasteiger partial charge in [-0.05, 0) is 87.4 Å².